The summed E-state index contributed by atoms with van der Waals surface area (Å²) in [6, 6.07) is 8.06. The van der Waals surface area contributed by atoms with Crippen LogP contribution >= 0.6 is 0 Å². The van der Waals surface area contributed by atoms with E-state index in [4.69, 9.17) is 4.74 Å². The number of hydrogen-bond donors (Lipinski definition) is 0. The molecule has 0 aliphatic carbocycles. The van der Waals surface area contributed by atoms with E-state index in [1.54, 1.807) is 17.0 Å². The molecule has 1 aliphatic rings. The second kappa shape index (κ2) is 6.28. The molecule has 3 rings (SSSR count). The normalized spacial score (nSPS) is 17.4. The maximum Gasteiger partial charge on any atom is 0.414 e. The van der Waals surface area contributed by atoms with Crippen LogP contribution in [0.3, 0.4) is 0 Å². The number of carbonyl (C=O) groups excluding carboxylic acids is 1. The zero-order valence-electron chi connectivity index (χ0n) is 13.0. The number of halogens is 1. The molecule has 120 valence electrons. The lowest BCUT2D eigenvalue weighted by Crippen LogP contribution is -2.24. The third-order valence-corrected chi connectivity index (χ3v) is 3.88. The maximum atomic E-state index is 13.0. The van der Waals surface area contributed by atoms with Crippen molar-refractivity contribution in [2.24, 2.45) is 0 Å². The number of hydrogen-bond acceptors (Lipinski definition) is 2. The summed E-state index contributed by atoms with van der Waals surface area (Å²) in [7, 11) is 0. The van der Waals surface area contributed by atoms with Gasteiger partial charge in [-0.05, 0) is 50.1 Å². The van der Waals surface area contributed by atoms with Crippen molar-refractivity contribution in [3.63, 3.8) is 0 Å². The van der Waals surface area contributed by atoms with Crippen LogP contribution in [0.25, 0.3) is 5.69 Å². The Hall–Kier alpha value is -2.56. The van der Waals surface area contributed by atoms with Crippen molar-refractivity contribution in [1.29, 1.82) is 0 Å². The third-order valence-electron chi connectivity index (χ3n) is 3.88. The number of cyclic esters (lactones) is 1. The van der Waals surface area contributed by atoms with Gasteiger partial charge < -0.3 is 9.30 Å². The standard InChI is InChI=1S/C18H19FN2O2/c1-13(2)3-8-17-12-21(18(22)23-17)16-9-10-20(11-16)15-6-4-14(19)5-7-15/h4-7,9-11,17H,1,3,8,12H2,2H3. The highest BCUT2D eigenvalue weighted by Gasteiger charge is 2.32. The van der Waals surface area contributed by atoms with Gasteiger partial charge in [-0.25, -0.2) is 9.18 Å². The quantitative estimate of drug-likeness (QED) is 0.771. The van der Waals surface area contributed by atoms with E-state index in [0.717, 1.165) is 29.8 Å². The highest BCUT2D eigenvalue weighted by Crippen LogP contribution is 2.25. The predicted octanol–water partition coefficient (Wildman–Crippen LogP) is 4.30. The summed E-state index contributed by atoms with van der Waals surface area (Å²) in [4.78, 5) is 13.7. The molecule has 1 aliphatic heterocycles. The molecule has 0 radical (unpaired) electrons. The molecule has 1 amide bonds. The largest absolute Gasteiger partial charge is 0.444 e. The summed E-state index contributed by atoms with van der Waals surface area (Å²) in [5.41, 5.74) is 2.70. The number of benzene rings is 1. The van der Waals surface area contributed by atoms with Gasteiger partial charge in [-0.2, -0.15) is 0 Å². The Kier molecular flexibility index (Phi) is 4.19. The fourth-order valence-electron chi connectivity index (χ4n) is 2.61. The van der Waals surface area contributed by atoms with Crippen molar-refractivity contribution in [2.45, 2.75) is 25.9 Å². The lowest BCUT2D eigenvalue weighted by Gasteiger charge is -2.10. The van der Waals surface area contributed by atoms with Crippen LogP contribution in [-0.2, 0) is 4.74 Å². The van der Waals surface area contributed by atoms with Gasteiger partial charge in [0, 0.05) is 18.1 Å². The van der Waals surface area contributed by atoms with Gasteiger partial charge in [-0.3, -0.25) is 4.90 Å². The molecule has 1 fully saturated rings. The number of amides is 1. The molecule has 0 N–H and O–H groups in total. The van der Waals surface area contributed by atoms with Crippen LogP contribution in [0.15, 0.2) is 54.9 Å². The summed E-state index contributed by atoms with van der Waals surface area (Å²) in [5.74, 6) is -0.274. The molecule has 4 nitrogen and oxygen atoms in total. The number of rotatable bonds is 5. The zero-order valence-corrected chi connectivity index (χ0v) is 13.0. The highest BCUT2D eigenvalue weighted by molar-refractivity contribution is 5.89. The Morgan fingerprint density at radius 2 is 2.04 bits per heavy atom. The van der Waals surface area contributed by atoms with Crippen molar-refractivity contribution in [1.82, 2.24) is 4.57 Å². The van der Waals surface area contributed by atoms with Crippen molar-refractivity contribution in [3.05, 3.63) is 60.7 Å². The summed E-state index contributed by atoms with van der Waals surface area (Å²) >= 11 is 0. The first-order valence-electron chi connectivity index (χ1n) is 7.59. The number of nitrogens with zero attached hydrogens (tertiary/aromatic N) is 2. The monoisotopic (exact) mass is 314 g/mol. The fraction of sp³-hybridized carbons (Fsp3) is 0.278. The van der Waals surface area contributed by atoms with E-state index in [0.29, 0.717) is 6.54 Å². The van der Waals surface area contributed by atoms with E-state index in [2.05, 4.69) is 6.58 Å². The second-order valence-corrected chi connectivity index (χ2v) is 5.87. The second-order valence-electron chi connectivity index (χ2n) is 5.87. The van der Waals surface area contributed by atoms with E-state index in [9.17, 15) is 9.18 Å². The molecule has 2 heterocycles. The van der Waals surface area contributed by atoms with Crippen LogP contribution in [0.1, 0.15) is 19.8 Å². The molecule has 2 aromatic rings. The van der Waals surface area contributed by atoms with Crippen molar-refractivity contribution >= 4 is 11.8 Å². The SMILES string of the molecule is C=C(C)CCC1CN(c2ccn(-c3ccc(F)cc3)c2)C(=O)O1. The van der Waals surface area contributed by atoms with Gasteiger partial charge >= 0.3 is 6.09 Å². The Labute approximate surface area is 134 Å². The smallest absolute Gasteiger partial charge is 0.414 e. The van der Waals surface area contributed by atoms with Crippen molar-refractivity contribution < 1.29 is 13.9 Å². The Bertz CT molecular complexity index is 721. The molecule has 5 heteroatoms. The molecule has 1 atom stereocenters. The zero-order chi connectivity index (χ0) is 16.4. The van der Waals surface area contributed by atoms with E-state index >= 15 is 0 Å². The van der Waals surface area contributed by atoms with Gasteiger partial charge in [0.25, 0.3) is 0 Å². The van der Waals surface area contributed by atoms with E-state index < -0.39 is 0 Å². The molecule has 23 heavy (non-hydrogen) atoms. The molecule has 0 spiro atoms. The first kappa shape index (κ1) is 15.3. The molecule has 1 aromatic heterocycles. The van der Waals surface area contributed by atoms with Gasteiger partial charge in [-0.15, -0.1) is 6.58 Å². The van der Waals surface area contributed by atoms with Gasteiger partial charge in [0.2, 0.25) is 0 Å². The number of aromatic nitrogens is 1. The summed E-state index contributed by atoms with van der Waals surface area (Å²) in [5, 5.41) is 0. The van der Waals surface area contributed by atoms with Crippen LogP contribution in [0, 0.1) is 5.82 Å². The Morgan fingerprint density at radius 1 is 1.30 bits per heavy atom. The van der Waals surface area contributed by atoms with Crippen molar-refractivity contribution in [3.8, 4) is 5.69 Å². The number of anilines is 1. The van der Waals surface area contributed by atoms with E-state index in [1.807, 2.05) is 30.0 Å². The van der Waals surface area contributed by atoms with Crippen LogP contribution < -0.4 is 4.90 Å². The average Bonchev–Trinajstić information content (AvgIpc) is 3.12. The fourth-order valence-corrected chi connectivity index (χ4v) is 2.61. The molecule has 1 saturated heterocycles. The van der Waals surface area contributed by atoms with Crippen LogP contribution in [0.5, 0.6) is 0 Å². The summed E-state index contributed by atoms with van der Waals surface area (Å²) in [6.07, 6.45) is 4.90. The molecule has 1 aromatic carbocycles. The first-order chi connectivity index (χ1) is 11.0. The maximum absolute atomic E-state index is 13.0. The minimum atomic E-state index is -0.325. The van der Waals surface area contributed by atoms with E-state index in [1.165, 1.54) is 12.1 Å². The van der Waals surface area contributed by atoms with Crippen LogP contribution in [-0.4, -0.2) is 23.3 Å². The van der Waals surface area contributed by atoms with Gasteiger partial charge in [-0.1, -0.05) is 5.57 Å². The molecule has 0 bridgehead atoms. The Morgan fingerprint density at radius 3 is 2.74 bits per heavy atom. The lowest BCUT2D eigenvalue weighted by atomic mass is 10.1. The van der Waals surface area contributed by atoms with Crippen LogP contribution in [0.4, 0.5) is 14.9 Å². The number of allylic oxidation sites excluding steroid dienone is 1. The lowest BCUT2D eigenvalue weighted by molar-refractivity contribution is 0.137. The van der Waals surface area contributed by atoms with E-state index in [-0.39, 0.29) is 18.0 Å². The van der Waals surface area contributed by atoms with Gasteiger partial charge in [0.05, 0.1) is 12.2 Å². The van der Waals surface area contributed by atoms with Crippen molar-refractivity contribution in [2.75, 3.05) is 11.4 Å². The predicted molar refractivity (Wildman–Crippen MR) is 87.4 cm³/mol. The number of carbonyl (C=O) groups is 1. The number of ether oxygens (including phenoxy) is 1. The van der Waals surface area contributed by atoms with Gasteiger partial charge in [0.1, 0.15) is 11.9 Å². The molecule has 1 unspecified atom stereocenters. The average molecular weight is 314 g/mol. The van der Waals surface area contributed by atoms with Gasteiger partial charge in [0.15, 0.2) is 0 Å². The highest BCUT2D eigenvalue weighted by atomic mass is 19.1. The first-order valence-corrected chi connectivity index (χ1v) is 7.59. The Balaban J connectivity index is 1.71. The molecular formula is C18H19FN2O2. The topological polar surface area (TPSA) is 34.5 Å². The summed E-state index contributed by atoms with van der Waals surface area (Å²) in [6.45, 7) is 6.38. The minimum absolute atomic E-state index is 0.103. The molecular weight excluding hydrogens is 295 g/mol. The summed E-state index contributed by atoms with van der Waals surface area (Å²) < 4.78 is 20.2. The third kappa shape index (κ3) is 3.44. The van der Waals surface area contributed by atoms with Crippen LogP contribution in [0.2, 0.25) is 0 Å². The minimum Gasteiger partial charge on any atom is -0.444 e. The molecule has 0 saturated carbocycles.